The first-order valence-electron chi connectivity index (χ1n) is 6.21. The van der Waals surface area contributed by atoms with Crippen LogP contribution in [0.1, 0.15) is 37.9 Å². The van der Waals surface area contributed by atoms with Gasteiger partial charge in [-0.05, 0) is 19.3 Å². The van der Waals surface area contributed by atoms with Gasteiger partial charge in [0.1, 0.15) is 11.6 Å². The summed E-state index contributed by atoms with van der Waals surface area (Å²) in [6, 6.07) is 1.51. The lowest BCUT2D eigenvalue weighted by molar-refractivity contribution is 0.301. The fourth-order valence-electron chi connectivity index (χ4n) is 1.91. The highest BCUT2D eigenvalue weighted by molar-refractivity contribution is 5.38. The third-order valence-electron chi connectivity index (χ3n) is 2.90. The Morgan fingerprint density at radius 3 is 2.88 bits per heavy atom. The minimum absolute atomic E-state index is 0.0766. The highest BCUT2D eigenvalue weighted by Gasteiger charge is 2.26. The van der Waals surface area contributed by atoms with Crippen LogP contribution in [0.4, 0.5) is 5.82 Å². The molecule has 0 radical (unpaired) electrons. The number of hydrogen-bond donors (Lipinski definition) is 2. The van der Waals surface area contributed by atoms with Gasteiger partial charge in [-0.25, -0.2) is 4.98 Å². The van der Waals surface area contributed by atoms with Crippen LogP contribution in [0, 0.1) is 0 Å². The topological polar surface area (TPSA) is 69.2 Å². The molecule has 0 atom stereocenters. The highest BCUT2D eigenvalue weighted by atomic mass is 16.3. The van der Waals surface area contributed by atoms with Crippen LogP contribution in [0.3, 0.4) is 0 Å². The van der Waals surface area contributed by atoms with Crippen LogP contribution in [0.5, 0.6) is 0 Å². The lowest BCUT2D eigenvalue weighted by Crippen LogP contribution is -2.30. The van der Waals surface area contributed by atoms with Gasteiger partial charge in [-0.1, -0.05) is 6.92 Å². The molecule has 1 saturated carbocycles. The molecule has 0 saturated heterocycles. The summed E-state index contributed by atoms with van der Waals surface area (Å²) >= 11 is 0. The van der Waals surface area contributed by atoms with Crippen LogP contribution in [0.25, 0.3) is 0 Å². The molecule has 5 heteroatoms. The van der Waals surface area contributed by atoms with Crippen molar-refractivity contribution in [2.24, 2.45) is 0 Å². The van der Waals surface area contributed by atoms with Crippen molar-refractivity contribution in [3.8, 4) is 0 Å². The van der Waals surface area contributed by atoms with Crippen LogP contribution < -0.4 is 10.5 Å². The minimum atomic E-state index is -0.101. The molecule has 5 nitrogen and oxygen atoms in total. The van der Waals surface area contributed by atoms with Crippen molar-refractivity contribution in [3.63, 3.8) is 0 Å². The minimum Gasteiger partial charge on any atom is -0.395 e. The highest BCUT2D eigenvalue weighted by Crippen LogP contribution is 2.37. The van der Waals surface area contributed by atoms with Crippen molar-refractivity contribution in [2.45, 2.75) is 32.1 Å². The number of hydrogen-bond acceptors (Lipinski definition) is 4. The number of anilines is 1. The van der Waals surface area contributed by atoms with E-state index >= 15 is 0 Å². The maximum atomic E-state index is 11.6. The van der Waals surface area contributed by atoms with Crippen molar-refractivity contribution in [2.75, 3.05) is 24.6 Å². The predicted octanol–water partition coefficient (Wildman–Crippen LogP) is 0.856. The zero-order valence-corrected chi connectivity index (χ0v) is 10.1. The Hall–Kier alpha value is -1.36. The number of aliphatic hydroxyl groups is 1. The number of nitrogens with zero attached hydrogens (tertiary/aromatic N) is 2. The Bertz CT molecular complexity index is 420. The van der Waals surface area contributed by atoms with Gasteiger partial charge in [-0.15, -0.1) is 0 Å². The molecule has 1 aliphatic carbocycles. The molecule has 1 aromatic rings. The molecule has 0 aliphatic heterocycles. The van der Waals surface area contributed by atoms with Gasteiger partial charge in [0.15, 0.2) is 0 Å². The third-order valence-corrected chi connectivity index (χ3v) is 2.90. The summed E-state index contributed by atoms with van der Waals surface area (Å²) in [6.07, 6.45) is 3.19. The van der Waals surface area contributed by atoms with Crippen LogP contribution in [0.15, 0.2) is 10.9 Å². The van der Waals surface area contributed by atoms with Gasteiger partial charge in [0, 0.05) is 25.1 Å². The standard InChI is InChI=1S/C12H19N3O2/c1-2-5-15(6-7-16)10-8-11(17)14-12(13-10)9-3-4-9/h8-9,16H,2-7H2,1H3,(H,13,14,17). The maximum absolute atomic E-state index is 11.6. The fraction of sp³-hybridized carbons (Fsp3) is 0.667. The smallest absolute Gasteiger partial charge is 0.252 e. The van der Waals surface area contributed by atoms with E-state index < -0.39 is 0 Å². The molecule has 17 heavy (non-hydrogen) atoms. The van der Waals surface area contributed by atoms with Gasteiger partial charge in [-0.3, -0.25) is 4.79 Å². The molecule has 2 rings (SSSR count). The van der Waals surface area contributed by atoms with Crippen molar-refractivity contribution < 1.29 is 5.11 Å². The number of nitrogens with one attached hydrogen (secondary N) is 1. The summed E-state index contributed by atoms with van der Waals surface area (Å²) in [6.45, 7) is 3.47. The zero-order chi connectivity index (χ0) is 12.3. The van der Waals surface area contributed by atoms with E-state index in [0.29, 0.717) is 18.3 Å². The Morgan fingerprint density at radius 1 is 1.53 bits per heavy atom. The van der Waals surface area contributed by atoms with E-state index in [4.69, 9.17) is 5.11 Å². The van der Waals surface area contributed by atoms with Crippen molar-refractivity contribution in [1.82, 2.24) is 9.97 Å². The van der Waals surface area contributed by atoms with Gasteiger partial charge in [0.25, 0.3) is 5.56 Å². The Morgan fingerprint density at radius 2 is 2.29 bits per heavy atom. The summed E-state index contributed by atoms with van der Waals surface area (Å²) < 4.78 is 0. The summed E-state index contributed by atoms with van der Waals surface area (Å²) in [5.74, 6) is 1.92. The number of H-pyrrole nitrogens is 1. The second kappa shape index (κ2) is 5.31. The number of rotatable bonds is 6. The monoisotopic (exact) mass is 237 g/mol. The zero-order valence-electron chi connectivity index (χ0n) is 10.1. The number of aromatic nitrogens is 2. The summed E-state index contributed by atoms with van der Waals surface area (Å²) in [4.78, 5) is 20.8. The van der Waals surface area contributed by atoms with E-state index in [0.717, 1.165) is 31.6 Å². The Balaban J connectivity index is 2.24. The molecule has 2 N–H and O–H groups in total. The largest absolute Gasteiger partial charge is 0.395 e. The van der Waals surface area contributed by atoms with Gasteiger partial charge >= 0.3 is 0 Å². The lowest BCUT2D eigenvalue weighted by atomic mass is 10.3. The first-order valence-corrected chi connectivity index (χ1v) is 6.21. The van der Waals surface area contributed by atoms with E-state index in [-0.39, 0.29) is 12.2 Å². The average Bonchev–Trinajstić information content (AvgIpc) is 3.12. The van der Waals surface area contributed by atoms with Crippen LogP contribution in [-0.2, 0) is 0 Å². The molecule has 0 amide bonds. The molecule has 0 bridgehead atoms. The van der Waals surface area contributed by atoms with Crippen LogP contribution in [-0.4, -0.2) is 34.8 Å². The van der Waals surface area contributed by atoms with E-state index in [1.165, 1.54) is 6.07 Å². The second-order valence-corrected chi connectivity index (χ2v) is 4.47. The molecule has 0 unspecified atom stereocenters. The first kappa shape index (κ1) is 12.1. The molecule has 1 heterocycles. The molecule has 1 fully saturated rings. The van der Waals surface area contributed by atoms with E-state index in [1.807, 2.05) is 4.90 Å². The van der Waals surface area contributed by atoms with Crippen LogP contribution in [0.2, 0.25) is 0 Å². The second-order valence-electron chi connectivity index (χ2n) is 4.47. The lowest BCUT2D eigenvalue weighted by Gasteiger charge is -2.22. The molecular weight excluding hydrogens is 218 g/mol. The maximum Gasteiger partial charge on any atom is 0.252 e. The molecule has 0 spiro atoms. The molecule has 0 aromatic carbocycles. The molecule has 1 aliphatic rings. The summed E-state index contributed by atoms with van der Waals surface area (Å²) in [5.41, 5.74) is -0.101. The quantitative estimate of drug-likeness (QED) is 0.770. The van der Waals surface area contributed by atoms with Crippen molar-refractivity contribution in [3.05, 3.63) is 22.2 Å². The normalized spacial score (nSPS) is 14.9. The average molecular weight is 237 g/mol. The van der Waals surface area contributed by atoms with E-state index in [2.05, 4.69) is 16.9 Å². The predicted molar refractivity (Wildman–Crippen MR) is 66.4 cm³/mol. The van der Waals surface area contributed by atoms with Gasteiger partial charge in [0.05, 0.1) is 6.61 Å². The Labute approximate surface area is 100 Å². The van der Waals surface area contributed by atoms with Gasteiger partial charge in [-0.2, -0.15) is 0 Å². The van der Waals surface area contributed by atoms with Crippen LogP contribution >= 0.6 is 0 Å². The summed E-state index contributed by atoms with van der Waals surface area (Å²) in [7, 11) is 0. The number of aliphatic hydroxyl groups excluding tert-OH is 1. The van der Waals surface area contributed by atoms with Gasteiger partial charge in [0.2, 0.25) is 0 Å². The number of aromatic amines is 1. The SMILES string of the molecule is CCCN(CCO)c1cc(=O)[nH]c(C2CC2)n1. The van der Waals surface area contributed by atoms with Gasteiger partial charge < -0.3 is 15.0 Å². The Kier molecular flexibility index (Phi) is 3.78. The fourth-order valence-corrected chi connectivity index (χ4v) is 1.91. The first-order chi connectivity index (χ1) is 8.24. The molecule has 94 valence electrons. The van der Waals surface area contributed by atoms with Crippen molar-refractivity contribution in [1.29, 1.82) is 0 Å². The summed E-state index contributed by atoms with van der Waals surface area (Å²) in [5, 5.41) is 9.03. The molecule has 1 aromatic heterocycles. The van der Waals surface area contributed by atoms with E-state index in [9.17, 15) is 4.79 Å². The third kappa shape index (κ3) is 3.06. The van der Waals surface area contributed by atoms with Crippen molar-refractivity contribution >= 4 is 5.82 Å². The molecular formula is C12H19N3O2. The van der Waals surface area contributed by atoms with E-state index in [1.54, 1.807) is 0 Å².